The lowest BCUT2D eigenvalue weighted by Gasteiger charge is -2.14. The summed E-state index contributed by atoms with van der Waals surface area (Å²) in [7, 11) is 0. The van der Waals surface area contributed by atoms with Gasteiger partial charge >= 0.3 is 5.97 Å². The average Bonchev–Trinajstić information content (AvgIpc) is 2.44. The monoisotopic (exact) mass is 276 g/mol. The molecule has 2 amide bonds. The highest BCUT2D eigenvalue weighted by Gasteiger charge is 2.19. The number of hydrogen-bond donors (Lipinski definition) is 3. The molecule has 6 heteroatoms. The number of carboxylic acid groups (broad SMARTS) is 1. The molecule has 1 aromatic rings. The minimum absolute atomic E-state index is 0.226. The van der Waals surface area contributed by atoms with Crippen molar-refractivity contribution in [2.45, 2.75) is 19.9 Å². The van der Waals surface area contributed by atoms with Crippen LogP contribution >= 0.6 is 0 Å². The number of carbonyl (C=O) groups excluding carboxylic acids is 2. The smallest absolute Gasteiger partial charge is 0.352 e. The van der Waals surface area contributed by atoms with E-state index < -0.39 is 23.8 Å². The highest BCUT2D eigenvalue weighted by molar-refractivity contribution is 5.99. The van der Waals surface area contributed by atoms with Gasteiger partial charge in [-0.15, -0.1) is 0 Å². The predicted molar refractivity (Wildman–Crippen MR) is 72.9 cm³/mol. The second-order valence-electron chi connectivity index (χ2n) is 4.06. The molecule has 0 bridgehead atoms. The van der Waals surface area contributed by atoms with E-state index in [1.807, 2.05) is 0 Å². The van der Waals surface area contributed by atoms with Crippen molar-refractivity contribution in [3.8, 4) is 0 Å². The Kier molecular flexibility index (Phi) is 5.46. The van der Waals surface area contributed by atoms with Crippen molar-refractivity contribution in [3.05, 3.63) is 47.7 Å². The molecule has 0 aliphatic rings. The highest BCUT2D eigenvalue weighted by Crippen LogP contribution is 1.99. The Morgan fingerprint density at radius 3 is 2.30 bits per heavy atom. The molecule has 0 saturated heterocycles. The van der Waals surface area contributed by atoms with Crippen LogP contribution < -0.4 is 10.6 Å². The van der Waals surface area contributed by atoms with Crippen molar-refractivity contribution in [3.63, 3.8) is 0 Å². The molecule has 0 aliphatic heterocycles. The molecule has 0 aromatic heterocycles. The molecule has 20 heavy (non-hydrogen) atoms. The topological polar surface area (TPSA) is 95.5 Å². The lowest BCUT2D eigenvalue weighted by atomic mass is 10.2. The van der Waals surface area contributed by atoms with E-state index >= 15 is 0 Å². The maximum atomic E-state index is 11.8. The Morgan fingerprint density at radius 1 is 1.20 bits per heavy atom. The first-order chi connectivity index (χ1) is 9.45. The summed E-state index contributed by atoms with van der Waals surface area (Å²) in [6.07, 6.45) is 1.27. The summed E-state index contributed by atoms with van der Waals surface area (Å²) in [5, 5.41) is 13.5. The molecular formula is C14H16N2O4. The molecule has 0 saturated carbocycles. The van der Waals surface area contributed by atoms with Crippen molar-refractivity contribution >= 4 is 17.8 Å². The van der Waals surface area contributed by atoms with Crippen molar-refractivity contribution in [1.29, 1.82) is 0 Å². The number of amides is 2. The molecule has 1 rings (SSSR count). The van der Waals surface area contributed by atoms with Crippen LogP contribution in [0.2, 0.25) is 0 Å². The number of nitrogens with one attached hydrogen (secondary N) is 2. The van der Waals surface area contributed by atoms with E-state index in [4.69, 9.17) is 5.11 Å². The van der Waals surface area contributed by atoms with Gasteiger partial charge in [0.25, 0.3) is 5.91 Å². The van der Waals surface area contributed by atoms with Crippen LogP contribution in [-0.4, -0.2) is 28.9 Å². The molecule has 1 aromatic carbocycles. The Morgan fingerprint density at radius 2 is 1.80 bits per heavy atom. The van der Waals surface area contributed by atoms with E-state index in [0.717, 1.165) is 0 Å². The Bertz CT molecular complexity index is 537. The van der Waals surface area contributed by atoms with Crippen LogP contribution in [0.4, 0.5) is 0 Å². The molecule has 0 fully saturated rings. The van der Waals surface area contributed by atoms with Crippen molar-refractivity contribution < 1.29 is 19.5 Å². The van der Waals surface area contributed by atoms with Gasteiger partial charge in [-0.2, -0.15) is 0 Å². The summed E-state index contributed by atoms with van der Waals surface area (Å²) in [5.41, 5.74) is 0.201. The maximum Gasteiger partial charge on any atom is 0.352 e. The van der Waals surface area contributed by atoms with E-state index in [1.54, 1.807) is 30.3 Å². The zero-order chi connectivity index (χ0) is 15.1. The van der Waals surface area contributed by atoms with Crippen molar-refractivity contribution in [2.24, 2.45) is 0 Å². The number of rotatable bonds is 5. The SMILES string of the molecule is CC=C(NC(=O)[C@H](C)NC(=O)c1ccccc1)C(=O)O. The molecular weight excluding hydrogens is 260 g/mol. The zero-order valence-electron chi connectivity index (χ0n) is 11.2. The van der Waals surface area contributed by atoms with Gasteiger partial charge in [-0.3, -0.25) is 9.59 Å². The van der Waals surface area contributed by atoms with Crippen LogP contribution in [0.15, 0.2) is 42.1 Å². The van der Waals surface area contributed by atoms with Gasteiger partial charge < -0.3 is 15.7 Å². The fourth-order valence-corrected chi connectivity index (χ4v) is 1.43. The molecule has 3 N–H and O–H groups in total. The fourth-order valence-electron chi connectivity index (χ4n) is 1.43. The first-order valence-corrected chi connectivity index (χ1v) is 6.02. The van der Waals surface area contributed by atoms with Crippen LogP contribution in [-0.2, 0) is 9.59 Å². The fraction of sp³-hybridized carbons (Fsp3) is 0.214. The maximum absolute atomic E-state index is 11.8. The predicted octanol–water partition coefficient (Wildman–Crippen LogP) is 0.909. The number of carbonyl (C=O) groups is 3. The lowest BCUT2D eigenvalue weighted by molar-refractivity contribution is -0.134. The Balaban J connectivity index is 2.63. The van der Waals surface area contributed by atoms with Gasteiger partial charge in [-0.1, -0.05) is 24.3 Å². The summed E-state index contributed by atoms with van der Waals surface area (Å²) in [6, 6.07) is 7.59. The second kappa shape index (κ2) is 7.08. The molecule has 106 valence electrons. The number of allylic oxidation sites excluding steroid dienone is 1. The normalized spacial score (nSPS) is 12.4. The summed E-state index contributed by atoms with van der Waals surface area (Å²) < 4.78 is 0. The minimum Gasteiger partial charge on any atom is -0.477 e. The van der Waals surface area contributed by atoms with E-state index in [0.29, 0.717) is 5.56 Å². The van der Waals surface area contributed by atoms with Gasteiger partial charge in [0.2, 0.25) is 5.91 Å². The van der Waals surface area contributed by atoms with Crippen molar-refractivity contribution in [1.82, 2.24) is 10.6 Å². The Labute approximate surface area is 116 Å². The Hall–Kier alpha value is -2.63. The summed E-state index contributed by atoms with van der Waals surface area (Å²) in [6.45, 7) is 2.97. The van der Waals surface area contributed by atoms with E-state index in [2.05, 4.69) is 10.6 Å². The van der Waals surface area contributed by atoms with E-state index in [-0.39, 0.29) is 5.70 Å². The van der Waals surface area contributed by atoms with Crippen LogP contribution in [0.5, 0.6) is 0 Å². The highest BCUT2D eigenvalue weighted by atomic mass is 16.4. The molecule has 6 nitrogen and oxygen atoms in total. The first-order valence-electron chi connectivity index (χ1n) is 6.02. The number of aliphatic carboxylic acids is 1. The summed E-state index contributed by atoms with van der Waals surface area (Å²) >= 11 is 0. The second-order valence-corrected chi connectivity index (χ2v) is 4.06. The van der Waals surface area contributed by atoms with Gasteiger partial charge in [0.1, 0.15) is 11.7 Å². The molecule has 0 radical (unpaired) electrons. The molecule has 0 spiro atoms. The number of hydrogen-bond acceptors (Lipinski definition) is 3. The largest absolute Gasteiger partial charge is 0.477 e. The van der Waals surface area contributed by atoms with Gasteiger partial charge in [0.05, 0.1) is 0 Å². The average molecular weight is 276 g/mol. The minimum atomic E-state index is -1.23. The van der Waals surface area contributed by atoms with Crippen molar-refractivity contribution in [2.75, 3.05) is 0 Å². The first kappa shape index (κ1) is 15.4. The van der Waals surface area contributed by atoms with Crippen LogP contribution in [0.3, 0.4) is 0 Å². The molecule has 0 unspecified atom stereocenters. The van der Waals surface area contributed by atoms with Gasteiger partial charge in [0.15, 0.2) is 0 Å². The van der Waals surface area contributed by atoms with Crippen LogP contribution in [0.25, 0.3) is 0 Å². The van der Waals surface area contributed by atoms with E-state index in [9.17, 15) is 14.4 Å². The molecule has 0 aliphatic carbocycles. The van der Waals surface area contributed by atoms with Gasteiger partial charge in [-0.25, -0.2) is 4.79 Å². The zero-order valence-corrected chi connectivity index (χ0v) is 11.2. The van der Waals surface area contributed by atoms with Crippen LogP contribution in [0.1, 0.15) is 24.2 Å². The van der Waals surface area contributed by atoms with Gasteiger partial charge in [-0.05, 0) is 26.0 Å². The third-order valence-electron chi connectivity index (χ3n) is 2.55. The molecule has 0 heterocycles. The molecule has 1 atom stereocenters. The third-order valence-corrected chi connectivity index (χ3v) is 2.55. The quantitative estimate of drug-likeness (QED) is 0.696. The summed E-state index contributed by atoms with van der Waals surface area (Å²) in [5.74, 6) is -2.22. The number of carboxylic acids is 1. The standard InChI is InChI=1S/C14H16N2O4/c1-3-11(14(19)20)16-12(17)9(2)15-13(18)10-7-5-4-6-8-10/h3-9H,1-2H3,(H,15,18)(H,16,17)(H,19,20)/t9-/m0/s1. The number of benzene rings is 1. The third kappa shape index (κ3) is 4.24. The lowest BCUT2D eigenvalue weighted by Crippen LogP contribution is -2.45. The van der Waals surface area contributed by atoms with Gasteiger partial charge in [0, 0.05) is 5.56 Å². The van der Waals surface area contributed by atoms with Crippen LogP contribution in [0, 0.1) is 0 Å². The van der Waals surface area contributed by atoms with E-state index in [1.165, 1.54) is 19.9 Å². The summed E-state index contributed by atoms with van der Waals surface area (Å²) in [4.78, 5) is 34.3.